The number of benzene rings is 2. The lowest BCUT2D eigenvalue weighted by Gasteiger charge is -2.19. The maximum atomic E-state index is 13.2. The van der Waals surface area contributed by atoms with Gasteiger partial charge in [-0.15, -0.1) is 0 Å². The van der Waals surface area contributed by atoms with Crippen LogP contribution in [0.5, 0.6) is 11.5 Å². The van der Waals surface area contributed by atoms with E-state index in [0.717, 1.165) is 17.7 Å². The summed E-state index contributed by atoms with van der Waals surface area (Å²) in [6.07, 6.45) is 2.57. The number of carbonyl (C=O) groups excluding carboxylic acids is 1. The van der Waals surface area contributed by atoms with E-state index < -0.39 is 16.4 Å². The second-order valence-electron chi connectivity index (χ2n) is 5.83. The number of ether oxygens (including phenoxy) is 2. The van der Waals surface area contributed by atoms with Gasteiger partial charge in [-0.2, -0.15) is 0 Å². The number of nitro benzene ring substituents is 1. The fourth-order valence-corrected chi connectivity index (χ4v) is 2.69. The molecule has 27 heavy (non-hydrogen) atoms. The van der Waals surface area contributed by atoms with Gasteiger partial charge >= 0.3 is 0 Å². The lowest BCUT2D eigenvalue weighted by Crippen LogP contribution is -2.28. The lowest BCUT2D eigenvalue weighted by atomic mass is 10.1. The van der Waals surface area contributed by atoms with E-state index in [-0.39, 0.29) is 18.3 Å². The standard InChI is InChI=1S/C19H17FN2O5/c1-2-21(11-13-3-7-17-18(9-13)27-12-26-17)19(23)8-5-14-4-6-15(20)10-16(14)22(24)25/h3-10H,2,11-12H2,1H3. The summed E-state index contributed by atoms with van der Waals surface area (Å²) in [5, 5.41) is 11.0. The first-order chi connectivity index (χ1) is 13.0. The minimum Gasteiger partial charge on any atom is -0.454 e. The summed E-state index contributed by atoms with van der Waals surface area (Å²) in [5.41, 5.74) is 0.641. The fourth-order valence-electron chi connectivity index (χ4n) is 2.69. The first-order valence-electron chi connectivity index (χ1n) is 8.27. The highest BCUT2D eigenvalue weighted by atomic mass is 19.1. The molecule has 0 saturated carbocycles. The highest BCUT2D eigenvalue weighted by Crippen LogP contribution is 2.32. The van der Waals surface area contributed by atoms with Crippen LogP contribution in [0.15, 0.2) is 42.5 Å². The van der Waals surface area contributed by atoms with Crippen LogP contribution < -0.4 is 9.47 Å². The molecule has 3 rings (SSSR count). The topological polar surface area (TPSA) is 81.9 Å². The zero-order valence-electron chi connectivity index (χ0n) is 14.6. The number of rotatable bonds is 6. The Morgan fingerprint density at radius 2 is 2.04 bits per heavy atom. The summed E-state index contributed by atoms with van der Waals surface area (Å²) in [4.78, 5) is 24.4. The molecule has 0 spiro atoms. The monoisotopic (exact) mass is 372 g/mol. The SMILES string of the molecule is CCN(Cc1ccc2c(c1)OCO2)C(=O)C=Cc1ccc(F)cc1[N+](=O)[O-]. The van der Waals surface area contributed by atoms with Crippen molar-refractivity contribution in [3.05, 3.63) is 69.5 Å². The van der Waals surface area contributed by atoms with E-state index >= 15 is 0 Å². The Morgan fingerprint density at radius 1 is 1.26 bits per heavy atom. The van der Waals surface area contributed by atoms with Crippen LogP contribution in [0.4, 0.5) is 10.1 Å². The number of carbonyl (C=O) groups is 1. The van der Waals surface area contributed by atoms with Crippen LogP contribution in [-0.4, -0.2) is 29.1 Å². The number of halogens is 1. The number of hydrogen-bond acceptors (Lipinski definition) is 5. The van der Waals surface area contributed by atoms with E-state index in [9.17, 15) is 19.3 Å². The quantitative estimate of drug-likeness (QED) is 0.440. The maximum Gasteiger partial charge on any atom is 0.279 e. The molecule has 2 aromatic carbocycles. The molecule has 8 heteroatoms. The highest BCUT2D eigenvalue weighted by Gasteiger charge is 2.17. The number of nitrogens with zero attached hydrogens (tertiary/aromatic N) is 2. The maximum absolute atomic E-state index is 13.2. The number of hydrogen-bond donors (Lipinski definition) is 0. The van der Waals surface area contributed by atoms with Crippen LogP contribution in [0.3, 0.4) is 0 Å². The van der Waals surface area contributed by atoms with Gasteiger partial charge in [-0.25, -0.2) is 4.39 Å². The van der Waals surface area contributed by atoms with Crippen molar-refractivity contribution in [2.75, 3.05) is 13.3 Å². The zero-order chi connectivity index (χ0) is 19.4. The molecule has 0 N–H and O–H groups in total. The van der Waals surface area contributed by atoms with E-state index in [1.165, 1.54) is 18.2 Å². The van der Waals surface area contributed by atoms with Crippen molar-refractivity contribution in [1.29, 1.82) is 0 Å². The fraction of sp³-hybridized carbons (Fsp3) is 0.211. The Morgan fingerprint density at radius 3 is 2.78 bits per heavy atom. The Bertz CT molecular complexity index is 913. The van der Waals surface area contributed by atoms with Gasteiger partial charge in [0, 0.05) is 19.2 Å². The summed E-state index contributed by atoms with van der Waals surface area (Å²) >= 11 is 0. The normalized spacial score (nSPS) is 12.4. The van der Waals surface area contributed by atoms with Gasteiger partial charge in [0.05, 0.1) is 16.6 Å². The molecule has 0 fully saturated rings. The molecule has 0 atom stereocenters. The summed E-state index contributed by atoms with van der Waals surface area (Å²) < 4.78 is 23.8. The Hall–Kier alpha value is -3.42. The third kappa shape index (κ3) is 4.22. The molecule has 2 aromatic rings. The van der Waals surface area contributed by atoms with Crippen molar-refractivity contribution in [2.45, 2.75) is 13.5 Å². The molecule has 0 unspecified atom stereocenters. The van der Waals surface area contributed by atoms with E-state index in [1.54, 1.807) is 11.0 Å². The van der Waals surface area contributed by atoms with Crippen LogP contribution in [-0.2, 0) is 11.3 Å². The molecule has 1 heterocycles. The molecule has 0 radical (unpaired) electrons. The average Bonchev–Trinajstić information content (AvgIpc) is 3.12. The van der Waals surface area contributed by atoms with Crippen LogP contribution in [0, 0.1) is 15.9 Å². The van der Waals surface area contributed by atoms with Crippen LogP contribution in [0.25, 0.3) is 6.08 Å². The molecular weight excluding hydrogens is 355 g/mol. The molecule has 7 nitrogen and oxygen atoms in total. The van der Waals surface area contributed by atoms with Gasteiger partial charge in [0.1, 0.15) is 5.82 Å². The average molecular weight is 372 g/mol. The van der Waals surface area contributed by atoms with Gasteiger partial charge in [-0.1, -0.05) is 6.07 Å². The second-order valence-corrected chi connectivity index (χ2v) is 5.83. The van der Waals surface area contributed by atoms with Crippen LogP contribution in [0.2, 0.25) is 0 Å². The molecular formula is C19H17FN2O5. The molecule has 0 saturated heterocycles. The smallest absolute Gasteiger partial charge is 0.279 e. The summed E-state index contributed by atoms with van der Waals surface area (Å²) in [6.45, 7) is 2.80. The Kier molecular flexibility index (Phi) is 5.35. The molecule has 1 amide bonds. The van der Waals surface area contributed by atoms with Gasteiger partial charge < -0.3 is 14.4 Å². The Balaban J connectivity index is 1.74. The molecule has 0 aromatic heterocycles. The first-order valence-corrected chi connectivity index (χ1v) is 8.27. The van der Waals surface area contributed by atoms with Crippen LogP contribution >= 0.6 is 0 Å². The van der Waals surface area contributed by atoms with Gasteiger partial charge in [-0.05, 0) is 42.8 Å². The number of likely N-dealkylation sites (N-methyl/N-ethyl adjacent to an activating group) is 1. The van der Waals surface area contributed by atoms with Gasteiger partial charge in [0.15, 0.2) is 11.5 Å². The number of fused-ring (bicyclic) bond motifs is 1. The first kappa shape index (κ1) is 18.4. The molecule has 0 aliphatic carbocycles. The summed E-state index contributed by atoms with van der Waals surface area (Å²) in [5.74, 6) is 0.280. The van der Waals surface area contributed by atoms with Crippen molar-refractivity contribution in [3.63, 3.8) is 0 Å². The number of nitro groups is 1. The highest BCUT2D eigenvalue weighted by molar-refractivity contribution is 5.92. The second kappa shape index (κ2) is 7.86. The Labute approximate surface area is 154 Å². The molecule has 1 aliphatic rings. The third-order valence-electron chi connectivity index (χ3n) is 4.10. The molecule has 140 valence electrons. The lowest BCUT2D eigenvalue weighted by molar-refractivity contribution is -0.385. The van der Waals surface area contributed by atoms with Gasteiger partial charge in [0.25, 0.3) is 5.69 Å². The third-order valence-corrected chi connectivity index (χ3v) is 4.10. The largest absolute Gasteiger partial charge is 0.454 e. The minimum absolute atomic E-state index is 0.161. The van der Waals surface area contributed by atoms with Crippen molar-refractivity contribution in [3.8, 4) is 11.5 Å². The zero-order valence-corrected chi connectivity index (χ0v) is 14.6. The van der Waals surface area contributed by atoms with Crippen molar-refractivity contribution < 1.29 is 23.6 Å². The van der Waals surface area contributed by atoms with Crippen molar-refractivity contribution in [1.82, 2.24) is 4.90 Å². The molecule has 0 bridgehead atoms. The minimum atomic E-state index is -0.705. The predicted octanol–water partition coefficient (Wildman–Crippen LogP) is 3.52. The predicted molar refractivity (Wildman–Crippen MR) is 95.7 cm³/mol. The van der Waals surface area contributed by atoms with E-state index in [0.29, 0.717) is 24.6 Å². The van der Waals surface area contributed by atoms with E-state index in [2.05, 4.69) is 0 Å². The van der Waals surface area contributed by atoms with E-state index in [4.69, 9.17) is 9.47 Å². The van der Waals surface area contributed by atoms with E-state index in [1.807, 2.05) is 19.1 Å². The van der Waals surface area contributed by atoms with Gasteiger partial charge in [0.2, 0.25) is 12.7 Å². The van der Waals surface area contributed by atoms with Crippen molar-refractivity contribution >= 4 is 17.7 Å². The summed E-state index contributed by atoms with van der Waals surface area (Å²) in [6, 6.07) is 8.65. The molecule has 1 aliphatic heterocycles. The number of amides is 1. The van der Waals surface area contributed by atoms with Crippen LogP contribution in [0.1, 0.15) is 18.1 Å². The summed E-state index contributed by atoms with van der Waals surface area (Å²) in [7, 11) is 0. The van der Waals surface area contributed by atoms with Gasteiger partial charge in [-0.3, -0.25) is 14.9 Å². The van der Waals surface area contributed by atoms with Crippen molar-refractivity contribution in [2.24, 2.45) is 0 Å².